The number of hydrogen-bond acceptors (Lipinski definition) is 6. The number of benzene rings is 2. The van der Waals surface area contributed by atoms with E-state index >= 15 is 0 Å². The van der Waals surface area contributed by atoms with Crippen LogP contribution in [0.1, 0.15) is 11.1 Å². The maximum absolute atomic E-state index is 13.9. The first kappa shape index (κ1) is 20.1. The summed E-state index contributed by atoms with van der Waals surface area (Å²) in [5, 5.41) is 38.4. The Morgan fingerprint density at radius 1 is 0.593 bits per heavy atom. The number of phenolic OH excluding ortho intramolecular Hbond substituents is 4. The van der Waals surface area contributed by atoms with Crippen LogP contribution < -0.4 is 11.5 Å². The Bertz CT molecular complexity index is 822. The van der Waals surface area contributed by atoms with Gasteiger partial charge in [-0.25, -0.2) is 0 Å². The zero-order valence-corrected chi connectivity index (χ0v) is 13.0. The first-order valence-corrected chi connectivity index (χ1v) is 6.93. The normalized spacial score (nSPS) is 13.0. The van der Waals surface area contributed by atoms with E-state index in [1.807, 2.05) is 0 Å². The predicted octanol–water partition coefficient (Wildman–Crippen LogP) is 3.08. The smallest absolute Gasteiger partial charge is 0.411 e. The zero-order chi connectivity index (χ0) is 20.9. The molecule has 0 aliphatic heterocycles. The average molecular weight is 398 g/mol. The van der Waals surface area contributed by atoms with Gasteiger partial charge in [0.05, 0.1) is 0 Å². The summed E-state index contributed by atoms with van der Waals surface area (Å²) in [6, 6.07) is 1.20. The summed E-state index contributed by atoms with van der Waals surface area (Å²) in [5.74, 6) is -5.28. The highest BCUT2D eigenvalue weighted by Gasteiger charge is 2.74. The van der Waals surface area contributed by atoms with Crippen molar-refractivity contribution < 1.29 is 46.8 Å². The lowest BCUT2D eigenvalue weighted by molar-refractivity contribution is -0.289. The zero-order valence-electron chi connectivity index (χ0n) is 13.0. The van der Waals surface area contributed by atoms with Gasteiger partial charge in [-0.2, -0.15) is 26.3 Å². The quantitative estimate of drug-likeness (QED) is 0.262. The van der Waals surface area contributed by atoms with Crippen LogP contribution in [0.25, 0.3) is 0 Å². The number of nitrogens with two attached hydrogens (primary N) is 2. The van der Waals surface area contributed by atoms with Crippen LogP contribution in [0.15, 0.2) is 24.3 Å². The van der Waals surface area contributed by atoms with E-state index in [9.17, 15) is 46.8 Å². The number of anilines is 2. The summed E-state index contributed by atoms with van der Waals surface area (Å²) in [6.45, 7) is 0. The van der Waals surface area contributed by atoms with E-state index in [2.05, 4.69) is 0 Å². The topological polar surface area (TPSA) is 133 Å². The molecule has 0 heterocycles. The van der Waals surface area contributed by atoms with Crippen LogP contribution in [-0.2, 0) is 5.41 Å². The van der Waals surface area contributed by atoms with E-state index in [0.29, 0.717) is 12.1 Å². The molecular formula is C15H12F6N2O4. The molecule has 0 unspecified atom stereocenters. The molecule has 0 bridgehead atoms. The van der Waals surface area contributed by atoms with Gasteiger partial charge in [-0.3, -0.25) is 0 Å². The minimum atomic E-state index is -6.16. The van der Waals surface area contributed by atoms with Gasteiger partial charge in [0.15, 0.2) is 0 Å². The van der Waals surface area contributed by atoms with E-state index in [4.69, 9.17) is 11.5 Å². The molecule has 148 valence electrons. The van der Waals surface area contributed by atoms with Gasteiger partial charge in [0.2, 0.25) is 5.41 Å². The van der Waals surface area contributed by atoms with Gasteiger partial charge in [0.1, 0.15) is 34.4 Å². The number of aromatic hydroxyl groups is 4. The molecule has 2 aromatic rings. The molecule has 2 rings (SSSR count). The molecule has 0 amide bonds. The molecule has 27 heavy (non-hydrogen) atoms. The highest BCUT2D eigenvalue weighted by molar-refractivity contribution is 5.72. The summed E-state index contributed by atoms with van der Waals surface area (Å²) in [7, 11) is 0. The third-order valence-corrected chi connectivity index (χ3v) is 4.05. The molecule has 0 fully saturated rings. The van der Waals surface area contributed by atoms with E-state index in [0.717, 1.165) is 0 Å². The lowest BCUT2D eigenvalue weighted by Gasteiger charge is -2.39. The van der Waals surface area contributed by atoms with E-state index < -0.39 is 63.3 Å². The summed E-state index contributed by atoms with van der Waals surface area (Å²) in [4.78, 5) is 0. The fourth-order valence-electron chi connectivity index (χ4n) is 2.72. The van der Waals surface area contributed by atoms with Crippen LogP contribution in [0.5, 0.6) is 23.0 Å². The van der Waals surface area contributed by atoms with Crippen molar-refractivity contribution in [2.45, 2.75) is 17.8 Å². The molecule has 12 heteroatoms. The van der Waals surface area contributed by atoms with Gasteiger partial charge >= 0.3 is 12.4 Å². The molecule has 0 saturated heterocycles. The lowest BCUT2D eigenvalue weighted by atomic mass is 9.71. The van der Waals surface area contributed by atoms with Gasteiger partial charge < -0.3 is 31.9 Å². The van der Waals surface area contributed by atoms with Gasteiger partial charge in [0, 0.05) is 11.1 Å². The van der Waals surface area contributed by atoms with E-state index in [1.165, 1.54) is 0 Å². The molecule has 8 N–H and O–H groups in total. The summed E-state index contributed by atoms with van der Waals surface area (Å²) < 4.78 is 83.5. The van der Waals surface area contributed by atoms with Gasteiger partial charge in [-0.05, 0) is 24.3 Å². The maximum Gasteiger partial charge on any atom is 0.411 e. The Kier molecular flexibility index (Phi) is 4.42. The van der Waals surface area contributed by atoms with Crippen LogP contribution in [0.3, 0.4) is 0 Å². The highest BCUT2D eigenvalue weighted by atomic mass is 19.4. The first-order valence-electron chi connectivity index (χ1n) is 6.93. The molecule has 0 aromatic heterocycles. The number of rotatable bonds is 2. The SMILES string of the molecule is Nc1c(O)ccc(C(c2ccc(O)c(N)c2O)(C(F)(F)F)C(F)(F)F)c1O. The van der Waals surface area contributed by atoms with Crippen LogP contribution in [0, 0.1) is 0 Å². The molecule has 0 saturated carbocycles. The number of nitrogen functional groups attached to an aromatic ring is 2. The number of alkyl halides is 6. The summed E-state index contributed by atoms with van der Waals surface area (Å²) in [6.07, 6.45) is -12.3. The van der Waals surface area contributed by atoms with Gasteiger partial charge in [0.25, 0.3) is 0 Å². The Morgan fingerprint density at radius 3 is 1.15 bits per heavy atom. The van der Waals surface area contributed by atoms with Crippen molar-refractivity contribution in [2.24, 2.45) is 0 Å². The molecule has 0 aliphatic carbocycles. The Balaban J connectivity index is 3.13. The second-order valence-electron chi connectivity index (χ2n) is 5.53. The first-order chi connectivity index (χ1) is 12.2. The van der Waals surface area contributed by atoms with Crippen LogP contribution in [0.2, 0.25) is 0 Å². The van der Waals surface area contributed by atoms with Crippen molar-refractivity contribution in [3.05, 3.63) is 35.4 Å². The lowest BCUT2D eigenvalue weighted by Crippen LogP contribution is -2.54. The fourth-order valence-corrected chi connectivity index (χ4v) is 2.72. The summed E-state index contributed by atoms with van der Waals surface area (Å²) >= 11 is 0. The van der Waals surface area contributed by atoms with E-state index in [1.54, 1.807) is 0 Å². The Labute approximate surface area is 146 Å². The molecule has 0 atom stereocenters. The second-order valence-corrected chi connectivity index (χ2v) is 5.53. The molecule has 0 radical (unpaired) electrons. The van der Waals surface area contributed by atoms with E-state index in [-0.39, 0.29) is 12.1 Å². The van der Waals surface area contributed by atoms with Gasteiger partial charge in [-0.15, -0.1) is 0 Å². The molecule has 0 aliphatic rings. The number of phenols is 4. The molecule has 0 spiro atoms. The van der Waals surface area contributed by atoms with Crippen molar-refractivity contribution in [3.63, 3.8) is 0 Å². The van der Waals surface area contributed by atoms with Crippen molar-refractivity contribution in [1.29, 1.82) is 0 Å². The van der Waals surface area contributed by atoms with Crippen LogP contribution >= 0.6 is 0 Å². The van der Waals surface area contributed by atoms with Gasteiger partial charge in [-0.1, -0.05) is 0 Å². The number of hydrogen-bond donors (Lipinski definition) is 6. The monoisotopic (exact) mass is 398 g/mol. The van der Waals surface area contributed by atoms with Crippen LogP contribution in [-0.4, -0.2) is 32.8 Å². The minimum absolute atomic E-state index is 0.171. The standard InChI is InChI=1S/C15H12F6N2O4/c16-14(17,18)13(15(19,20)21,5-1-3-7(24)9(22)11(5)26)6-2-4-8(25)10(23)12(6)27/h1-4,24-27H,22-23H2. The number of halogens is 6. The summed E-state index contributed by atoms with van der Waals surface area (Å²) in [5.41, 5.74) is -0.469. The predicted molar refractivity (Wildman–Crippen MR) is 81.3 cm³/mol. The van der Waals surface area contributed by atoms with Crippen molar-refractivity contribution in [2.75, 3.05) is 11.5 Å². The highest BCUT2D eigenvalue weighted by Crippen LogP contribution is 2.61. The minimum Gasteiger partial charge on any atom is -0.506 e. The largest absolute Gasteiger partial charge is 0.506 e. The van der Waals surface area contributed by atoms with Crippen molar-refractivity contribution in [3.8, 4) is 23.0 Å². The third kappa shape index (κ3) is 2.67. The molecule has 6 nitrogen and oxygen atoms in total. The Morgan fingerprint density at radius 2 is 0.889 bits per heavy atom. The maximum atomic E-state index is 13.9. The fraction of sp³-hybridized carbons (Fsp3) is 0.200. The average Bonchev–Trinajstić information content (AvgIpc) is 2.52. The Hall–Kier alpha value is -3.18. The third-order valence-electron chi connectivity index (χ3n) is 4.05. The molecule has 2 aromatic carbocycles. The second kappa shape index (κ2) is 5.93. The van der Waals surface area contributed by atoms with Crippen molar-refractivity contribution in [1.82, 2.24) is 0 Å². The molecular weight excluding hydrogens is 386 g/mol. The van der Waals surface area contributed by atoms with Crippen molar-refractivity contribution >= 4 is 11.4 Å². The van der Waals surface area contributed by atoms with Crippen LogP contribution in [0.4, 0.5) is 37.7 Å².